The molecule has 0 aliphatic rings. The number of hydrogen-bond acceptors (Lipinski definition) is 5. The van der Waals surface area contributed by atoms with E-state index in [2.05, 4.69) is 20.3 Å². The minimum atomic E-state index is -0.286. The molecular weight excluding hydrogens is 356 g/mol. The number of benzene rings is 2. The minimum absolute atomic E-state index is 0.245. The van der Waals surface area contributed by atoms with Crippen molar-refractivity contribution in [2.24, 2.45) is 0 Å². The van der Waals surface area contributed by atoms with Crippen molar-refractivity contribution >= 4 is 22.9 Å². The number of fused-ring (bicyclic) bond motifs is 1. The molecule has 8 heteroatoms. The van der Waals surface area contributed by atoms with Gasteiger partial charge < -0.3 is 0 Å². The lowest BCUT2D eigenvalue weighted by Crippen LogP contribution is -2.03. The van der Waals surface area contributed by atoms with Gasteiger partial charge in [0.1, 0.15) is 23.0 Å². The Morgan fingerprint density at radius 1 is 0.962 bits per heavy atom. The van der Waals surface area contributed by atoms with E-state index in [-0.39, 0.29) is 11.6 Å². The van der Waals surface area contributed by atoms with Gasteiger partial charge in [0.05, 0.1) is 6.54 Å². The van der Waals surface area contributed by atoms with Crippen LogP contribution in [0.15, 0.2) is 59.9 Å². The third kappa shape index (κ3) is 3.41. The first-order chi connectivity index (χ1) is 12.7. The highest BCUT2D eigenvalue weighted by molar-refractivity contribution is 7.98. The summed E-state index contributed by atoms with van der Waals surface area (Å²) in [6.45, 7) is 0.422. The highest BCUT2D eigenvalue weighted by Crippen LogP contribution is 2.26. The zero-order valence-electron chi connectivity index (χ0n) is 13.5. The summed E-state index contributed by atoms with van der Waals surface area (Å²) in [6.07, 6.45) is 1.44. The van der Waals surface area contributed by atoms with E-state index >= 15 is 0 Å². The molecule has 26 heavy (non-hydrogen) atoms. The van der Waals surface area contributed by atoms with Crippen molar-refractivity contribution in [1.29, 1.82) is 0 Å². The summed E-state index contributed by atoms with van der Waals surface area (Å²) in [5, 5.41) is 8.94. The van der Waals surface area contributed by atoms with Gasteiger partial charge in [0.2, 0.25) is 0 Å². The third-order valence-corrected chi connectivity index (χ3v) is 4.86. The van der Waals surface area contributed by atoms with Crippen LogP contribution in [0, 0.1) is 11.6 Å². The van der Waals surface area contributed by atoms with Crippen molar-refractivity contribution in [2.75, 3.05) is 0 Å². The summed E-state index contributed by atoms with van der Waals surface area (Å²) >= 11 is 1.38. The second kappa shape index (κ2) is 7.17. The normalized spacial score (nSPS) is 11.2. The zero-order valence-corrected chi connectivity index (χ0v) is 14.3. The van der Waals surface area contributed by atoms with Gasteiger partial charge in [-0.25, -0.2) is 23.4 Å². The lowest BCUT2D eigenvalue weighted by Gasteiger charge is -2.04. The maximum absolute atomic E-state index is 13.8. The number of thioether (sulfide) groups is 1. The molecule has 0 N–H and O–H groups in total. The summed E-state index contributed by atoms with van der Waals surface area (Å²) in [7, 11) is 0. The molecule has 0 spiro atoms. The Labute approximate surface area is 152 Å². The summed E-state index contributed by atoms with van der Waals surface area (Å²) in [6, 6.07) is 12.8. The fourth-order valence-electron chi connectivity index (χ4n) is 2.51. The van der Waals surface area contributed by atoms with Crippen molar-refractivity contribution in [1.82, 2.24) is 25.0 Å². The van der Waals surface area contributed by atoms with Gasteiger partial charge in [-0.15, -0.1) is 5.10 Å². The van der Waals surface area contributed by atoms with E-state index in [1.165, 1.54) is 36.3 Å². The molecule has 0 aliphatic heterocycles. The number of nitrogens with zero attached hydrogens (tertiary/aromatic N) is 5. The maximum Gasteiger partial charge on any atom is 0.183 e. The molecule has 0 unspecified atom stereocenters. The van der Waals surface area contributed by atoms with Gasteiger partial charge in [-0.2, -0.15) is 0 Å². The fraction of sp³-hybridized carbons (Fsp3) is 0.111. The van der Waals surface area contributed by atoms with Gasteiger partial charge in [-0.3, -0.25) is 0 Å². The van der Waals surface area contributed by atoms with Crippen molar-refractivity contribution in [3.8, 4) is 0 Å². The molecule has 0 saturated carbocycles. The Morgan fingerprint density at radius 2 is 1.77 bits per heavy atom. The van der Waals surface area contributed by atoms with Crippen LogP contribution in [0.25, 0.3) is 11.2 Å². The van der Waals surface area contributed by atoms with Crippen LogP contribution in [0.1, 0.15) is 11.1 Å². The van der Waals surface area contributed by atoms with Crippen LogP contribution in [0.3, 0.4) is 0 Å². The second-order valence-corrected chi connectivity index (χ2v) is 6.57. The van der Waals surface area contributed by atoms with E-state index in [1.54, 1.807) is 35.0 Å². The van der Waals surface area contributed by atoms with E-state index in [9.17, 15) is 8.78 Å². The van der Waals surface area contributed by atoms with E-state index in [0.29, 0.717) is 34.1 Å². The van der Waals surface area contributed by atoms with Crippen LogP contribution in [0.2, 0.25) is 0 Å². The molecule has 0 radical (unpaired) electrons. The molecule has 0 bridgehead atoms. The van der Waals surface area contributed by atoms with Crippen molar-refractivity contribution in [2.45, 2.75) is 17.3 Å². The number of hydrogen-bond donors (Lipinski definition) is 0. The van der Waals surface area contributed by atoms with Gasteiger partial charge in [0, 0.05) is 5.75 Å². The van der Waals surface area contributed by atoms with Gasteiger partial charge >= 0.3 is 0 Å². The predicted octanol–water partition coefficient (Wildman–Crippen LogP) is 3.84. The standard InChI is InChI=1S/C18H13F2N5S/c19-14-7-5-12(6-8-14)9-25-17-16(23-24-25)18(22-11-21-17)26-10-13-3-1-2-4-15(13)20/h1-8,11H,9-10H2. The Balaban J connectivity index is 1.58. The average molecular weight is 369 g/mol. The van der Waals surface area contributed by atoms with E-state index < -0.39 is 0 Å². The number of aromatic nitrogens is 5. The van der Waals surface area contributed by atoms with Crippen molar-refractivity contribution in [3.05, 3.63) is 77.6 Å². The molecule has 0 fully saturated rings. The van der Waals surface area contributed by atoms with Crippen LogP contribution < -0.4 is 0 Å². The second-order valence-electron chi connectivity index (χ2n) is 5.60. The topological polar surface area (TPSA) is 56.5 Å². The van der Waals surface area contributed by atoms with Crippen molar-refractivity contribution < 1.29 is 8.78 Å². The Morgan fingerprint density at radius 3 is 2.58 bits per heavy atom. The SMILES string of the molecule is Fc1ccc(Cn2nnc3c(SCc4ccccc4F)ncnc32)cc1. The largest absolute Gasteiger partial charge is 0.227 e. The van der Waals surface area contributed by atoms with Crippen LogP contribution in [-0.4, -0.2) is 25.0 Å². The molecule has 0 saturated heterocycles. The number of rotatable bonds is 5. The highest BCUT2D eigenvalue weighted by atomic mass is 32.2. The fourth-order valence-corrected chi connectivity index (χ4v) is 3.42. The lowest BCUT2D eigenvalue weighted by molar-refractivity contribution is 0.617. The molecule has 4 rings (SSSR count). The molecule has 2 aromatic heterocycles. The average Bonchev–Trinajstić information content (AvgIpc) is 3.06. The first kappa shape index (κ1) is 16.6. The van der Waals surface area contributed by atoms with Crippen molar-refractivity contribution in [3.63, 3.8) is 0 Å². The molecule has 130 valence electrons. The molecule has 4 aromatic rings. The molecule has 2 aromatic carbocycles. The van der Waals surface area contributed by atoms with E-state index in [1.807, 2.05) is 0 Å². The summed E-state index contributed by atoms with van der Waals surface area (Å²) in [4.78, 5) is 8.50. The molecule has 0 amide bonds. The molecule has 2 heterocycles. The van der Waals surface area contributed by atoms with Crippen LogP contribution in [0.4, 0.5) is 8.78 Å². The van der Waals surface area contributed by atoms with Gasteiger partial charge in [-0.05, 0) is 29.3 Å². The van der Waals surface area contributed by atoms with Crippen LogP contribution in [0.5, 0.6) is 0 Å². The molecule has 0 aliphatic carbocycles. The van der Waals surface area contributed by atoms with Gasteiger partial charge in [0.15, 0.2) is 11.2 Å². The van der Waals surface area contributed by atoms with Crippen LogP contribution >= 0.6 is 11.8 Å². The van der Waals surface area contributed by atoms with E-state index in [0.717, 1.165) is 5.56 Å². The third-order valence-electron chi connectivity index (χ3n) is 3.83. The summed E-state index contributed by atoms with van der Waals surface area (Å²) in [5.74, 6) is -0.0968. The molecule has 5 nitrogen and oxygen atoms in total. The zero-order chi connectivity index (χ0) is 17.9. The Bertz CT molecular complexity index is 1050. The number of halogens is 2. The Hall–Kier alpha value is -2.87. The minimum Gasteiger partial charge on any atom is -0.227 e. The smallest absolute Gasteiger partial charge is 0.183 e. The first-order valence-electron chi connectivity index (χ1n) is 7.85. The summed E-state index contributed by atoms with van der Waals surface area (Å²) in [5.41, 5.74) is 2.64. The maximum atomic E-state index is 13.8. The molecule has 0 atom stereocenters. The predicted molar refractivity (Wildman–Crippen MR) is 94.6 cm³/mol. The monoisotopic (exact) mass is 369 g/mol. The van der Waals surface area contributed by atoms with Crippen LogP contribution in [-0.2, 0) is 12.3 Å². The first-order valence-corrected chi connectivity index (χ1v) is 8.84. The Kier molecular flexibility index (Phi) is 4.57. The van der Waals surface area contributed by atoms with E-state index in [4.69, 9.17) is 0 Å². The highest BCUT2D eigenvalue weighted by Gasteiger charge is 2.13. The quantitative estimate of drug-likeness (QED) is 0.395. The van der Waals surface area contributed by atoms with Gasteiger partial charge in [-0.1, -0.05) is 47.3 Å². The summed E-state index contributed by atoms with van der Waals surface area (Å²) < 4.78 is 28.5. The van der Waals surface area contributed by atoms with Gasteiger partial charge in [0.25, 0.3) is 0 Å². The molecular formula is C18H13F2N5S. The lowest BCUT2D eigenvalue weighted by atomic mass is 10.2.